The Hall–Kier alpha value is -1.23. The highest BCUT2D eigenvalue weighted by atomic mass is 19.4. The molecule has 112 valence electrons. The third-order valence-corrected chi connectivity index (χ3v) is 3.72. The molecule has 0 aliphatic heterocycles. The molecule has 0 spiro atoms. The predicted octanol–water partition coefficient (Wildman–Crippen LogP) is 3.91. The van der Waals surface area contributed by atoms with Crippen molar-refractivity contribution in [2.45, 2.75) is 45.0 Å². The van der Waals surface area contributed by atoms with Crippen molar-refractivity contribution in [3.8, 4) is 5.75 Å². The van der Waals surface area contributed by atoms with Gasteiger partial charge in [-0.1, -0.05) is 19.1 Å². The van der Waals surface area contributed by atoms with E-state index in [-0.39, 0.29) is 5.75 Å². The summed E-state index contributed by atoms with van der Waals surface area (Å²) in [6.45, 7) is 3.09. The van der Waals surface area contributed by atoms with Gasteiger partial charge in [0.25, 0.3) is 0 Å². The first kappa shape index (κ1) is 15.2. The molecule has 1 fully saturated rings. The van der Waals surface area contributed by atoms with Gasteiger partial charge in [-0.15, -0.1) is 13.2 Å². The Kier molecular flexibility index (Phi) is 4.91. The topological polar surface area (TPSA) is 21.3 Å². The molecule has 1 aromatic carbocycles. The molecule has 0 amide bonds. The number of alkyl halides is 3. The molecular formula is C15H20F3NO. The highest BCUT2D eigenvalue weighted by molar-refractivity contribution is 5.27. The molecule has 1 aromatic rings. The number of ether oxygens (including phenoxy) is 1. The number of rotatable bonds is 5. The van der Waals surface area contributed by atoms with Crippen molar-refractivity contribution >= 4 is 0 Å². The number of hydrogen-bond acceptors (Lipinski definition) is 2. The van der Waals surface area contributed by atoms with Crippen LogP contribution in [-0.4, -0.2) is 18.9 Å². The van der Waals surface area contributed by atoms with E-state index in [9.17, 15) is 13.2 Å². The SMILES string of the molecule is CCNC1CCC(Cc2ccc(OC(F)(F)F)cc2)C1. The van der Waals surface area contributed by atoms with E-state index in [1.54, 1.807) is 12.1 Å². The predicted molar refractivity (Wildman–Crippen MR) is 71.6 cm³/mol. The molecule has 2 nitrogen and oxygen atoms in total. The molecule has 1 aliphatic carbocycles. The lowest BCUT2D eigenvalue weighted by atomic mass is 9.98. The molecule has 2 unspecified atom stereocenters. The van der Waals surface area contributed by atoms with Gasteiger partial charge in [0.1, 0.15) is 5.75 Å². The van der Waals surface area contributed by atoms with Gasteiger partial charge in [0.05, 0.1) is 0 Å². The van der Waals surface area contributed by atoms with Crippen molar-refractivity contribution in [2.75, 3.05) is 6.54 Å². The van der Waals surface area contributed by atoms with E-state index in [0.717, 1.165) is 24.9 Å². The number of nitrogens with one attached hydrogen (secondary N) is 1. The molecule has 0 radical (unpaired) electrons. The molecule has 1 saturated carbocycles. The van der Waals surface area contributed by atoms with E-state index in [4.69, 9.17) is 0 Å². The first-order valence-electron chi connectivity index (χ1n) is 7.04. The van der Waals surface area contributed by atoms with Crippen LogP contribution in [0.5, 0.6) is 5.75 Å². The van der Waals surface area contributed by atoms with Crippen LogP contribution in [0.2, 0.25) is 0 Å². The zero-order chi connectivity index (χ0) is 14.6. The lowest BCUT2D eigenvalue weighted by Gasteiger charge is -2.13. The third kappa shape index (κ3) is 4.71. The fourth-order valence-corrected chi connectivity index (χ4v) is 2.89. The van der Waals surface area contributed by atoms with Gasteiger partial charge >= 0.3 is 6.36 Å². The number of hydrogen-bond donors (Lipinski definition) is 1. The van der Waals surface area contributed by atoms with Crippen molar-refractivity contribution in [1.82, 2.24) is 5.32 Å². The van der Waals surface area contributed by atoms with Gasteiger partial charge in [0.2, 0.25) is 0 Å². The van der Waals surface area contributed by atoms with Crippen LogP contribution in [-0.2, 0) is 6.42 Å². The first-order valence-corrected chi connectivity index (χ1v) is 7.04. The highest BCUT2D eigenvalue weighted by Crippen LogP contribution is 2.29. The van der Waals surface area contributed by atoms with Gasteiger partial charge in [-0.2, -0.15) is 0 Å². The van der Waals surface area contributed by atoms with Gasteiger partial charge in [0, 0.05) is 6.04 Å². The fourth-order valence-electron chi connectivity index (χ4n) is 2.89. The molecule has 1 aliphatic rings. The summed E-state index contributed by atoms with van der Waals surface area (Å²) in [5.41, 5.74) is 1.07. The second-order valence-electron chi connectivity index (χ2n) is 5.33. The van der Waals surface area contributed by atoms with E-state index >= 15 is 0 Å². The van der Waals surface area contributed by atoms with Gasteiger partial charge in [-0.3, -0.25) is 0 Å². The maximum atomic E-state index is 12.1. The minimum Gasteiger partial charge on any atom is -0.406 e. The van der Waals surface area contributed by atoms with Crippen molar-refractivity contribution < 1.29 is 17.9 Å². The van der Waals surface area contributed by atoms with Crippen LogP contribution in [0.1, 0.15) is 31.7 Å². The molecule has 1 N–H and O–H groups in total. The summed E-state index contributed by atoms with van der Waals surface area (Å²) < 4.78 is 40.0. The van der Waals surface area contributed by atoms with Gasteiger partial charge in [0.15, 0.2) is 0 Å². The molecule has 0 saturated heterocycles. The monoisotopic (exact) mass is 287 g/mol. The van der Waals surface area contributed by atoms with E-state index in [1.807, 2.05) is 0 Å². The number of halogens is 3. The van der Waals surface area contributed by atoms with E-state index in [0.29, 0.717) is 12.0 Å². The molecule has 0 bridgehead atoms. The second-order valence-corrected chi connectivity index (χ2v) is 5.33. The normalized spacial score (nSPS) is 23.0. The summed E-state index contributed by atoms with van der Waals surface area (Å²) in [6, 6.07) is 6.82. The van der Waals surface area contributed by atoms with Crippen molar-refractivity contribution in [3.05, 3.63) is 29.8 Å². The summed E-state index contributed by atoms with van der Waals surface area (Å²) in [5, 5.41) is 3.45. The third-order valence-electron chi connectivity index (χ3n) is 3.72. The van der Waals surface area contributed by atoms with Crippen molar-refractivity contribution in [1.29, 1.82) is 0 Å². The highest BCUT2D eigenvalue weighted by Gasteiger charge is 2.31. The summed E-state index contributed by atoms with van der Waals surface area (Å²) >= 11 is 0. The Morgan fingerprint density at radius 2 is 1.90 bits per heavy atom. The molecule has 0 heterocycles. The summed E-state index contributed by atoms with van der Waals surface area (Å²) in [7, 11) is 0. The lowest BCUT2D eigenvalue weighted by Crippen LogP contribution is -2.25. The quantitative estimate of drug-likeness (QED) is 0.886. The largest absolute Gasteiger partial charge is 0.573 e. The average Bonchev–Trinajstić information content (AvgIpc) is 2.78. The van der Waals surface area contributed by atoms with E-state index in [2.05, 4.69) is 17.0 Å². The Labute approximate surface area is 117 Å². The summed E-state index contributed by atoms with van der Waals surface area (Å²) in [4.78, 5) is 0. The van der Waals surface area contributed by atoms with E-state index in [1.165, 1.54) is 25.0 Å². The fraction of sp³-hybridized carbons (Fsp3) is 0.600. The van der Waals surface area contributed by atoms with Gasteiger partial charge in [-0.25, -0.2) is 0 Å². The van der Waals surface area contributed by atoms with Crippen LogP contribution < -0.4 is 10.1 Å². The Bertz CT molecular complexity index is 416. The van der Waals surface area contributed by atoms with Crippen LogP contribution in [0.3, 0.4) is 0 Å². The smallest absolute Gasteiger partial charge is 0.406 e. The maximum absolute atomic E-state index is 12.1. The van der Waals surface area contributed by atoms with Crippen LogP contribution in [0.25, 0.3) is 0 Å². The Morgan fingerprint density at radius 1 is 1.20 bits per heavy atom. The van der Waals surface area contributed by atoms with Crippen LogP contribution in [0.4, 0.5) is 13.2 Å². The maximum Gasteiger partial charge on any atom is 0.573 e. The molecule has 0 aromatic heterocycles. The van der Waals surface area contributed by atoms with Crippen LogP contribution >= 0.6 is 0 Å². The Balaban J connectivity index is 1.85. The zero-order valence-corrected chi connectivity index (χ0v) is 11.5. The molecular weight excluding hydrogens is 267 g/mol. The van der Waals surface area contributed by atoms with Gasteiger partial charge < -0.3 is 10.1 Å². The first-order chi connectivity index (χ1) is 9.46. The second kappa shape index (κ2) is 6.48. The summed E-state index contributed by atoms with van der Waals surface area (Å²) in [6.07, 6.45) is -0.179. The molecule has 2 atom stereocenters. The molecule has 20 heavy (non-hydrogen) atoms. The molecule has 5 heteroatoms. The Morgan fingerprint density at radius 3 is 2.50 bits per heavy atom. The summed E-state index contributed by atoms with van der Waals surface area (Å²) in [5.74, 6) is 0.464. The minimum absolute atomic E-state index is 0.154. The van der Waals surface area contributed by atoms with Crippen LogP contribution in [0, 0.1) is 5.92 Å². The van der Waals surface area contributed by atoms with E-state index < -0.39 is 6.36 Å². The van der Waals surface area contributed by atoms with Gasteiger partial charge in [-0.05, 0) is 55.8 Å². The molecule has 2 rings (SSSR count). The minimum atomic E-state index is -4.62. The lowest BCUT2D eigenvalue weighted by molar-refractivity contribution is -0.274. The van der Waals surface area contributed by atoms with Crippen molar-refractivity contribution in [3.63, 3.8) is 0 Å². The standard InChI is InChI=1S/C15H20F3NO/c1-2-19-13-6-3-12(10-13)9-11-4-7-14(8-5-11)20-15(16,17)18/h4-5,7-8,12-13,19H,2-3,6,9-10H2,1H3. The average molecular weight is 287 g/mol. The van der Waals surface area contributed by atoms with Crippen molar-refractivity contribution in [2.24, 2.45) is 5.92 Å². The van der Waals surface area contributed by atoms with Crippen LogP contribution in [0.15, 0.2) is 24.3 Å². The zero-order valence-electron chi connectivity index (χ0n) is 11.5. The number of benzene rings is 1.